The van der Waals surface area contributed by atoms with Gasteiger partial charge in [0.2, 0.25) is 5.91 Å². The van der Waals surface area contributed by atoms with Crippen LogP contribution in [-0.2, 0) is 11.0 Å². The number of carbonyl (C=O) groups is 1. The van der Waals surface area contributed by atoms with Crippen molar-refractivity contribution in [1.29, 1.82) is 0 Å². The third-order valence-electron chi connectivity index (χ3n) is 4.63. The number of aliphatic imine (C=N–C) groups is 1. The molecular formula is C18H18F3N3O3S. The van der Waals surface area contributed by atoms with Crippen molar-refractivity contribution in [3.05, 3.63) is 29.8 Å². The molecule has 1 aliphatic carbocycles. The van der Waals surface area contributed by atoms with E-state index in [1.165, 1.54) is 12.1 Å². The first kappa shape index (κ1) is 20.5. The van der Waals surface area contributed by atoms with Gasteiger partial charge in [-0.2, -0.15) is 13.2 Å². The third kappa shape index (κ3) is 4.27. The van der Waals surface area contributed by atoms with Crippen LogP contribution in [0.2, 0.25) is 0 Å². The fourth-order valence-electron chi connectivity index (χ4n) is 3.27. The summed E-state index contributed by atoms with van der Waals surface area (Å²) in [6.45, 7) is 0.0340. The second-order valence-corrected chi connectivity index (χ2v) is 7.70. The molecule has 2 aliphatic rings. The summed E-state index contributed by atoms with van der Waals surface area (Å²) >= 11 is 1.15. The molecule has 0 spiro atoms. The number of amidine groups is 1. The van der Waals surface area contributed by atoms with Crippen LogP contribution in [0.4, 0.5) is 18.9 Å². The number of amides is 1. The number of alkyl halides is 3. The Morgan fingerprint density at radius 1 is 1.39 bits per heavy atom. The van der Waals surface area contributed by atoms with E-state index in [1.807, 2.05) is 0 Å². The van der Waals surface area contributed by atoms with Crippen molar-refractivity contribution < 1.29 is 28.2 Å². The molecule has 0 bridgehead atoms. The number of terminal acetylenes is 1. The van der Waals surface area contributed by atoms with Gasteiger partial charge in [-0.15, -0.1) is 6.42 Å². The van der Waals surface area contributed by atoms with Gasteiger partial charge >= 0.3 is 6.18 Å². The molecule has 4 N–H and O–H groups in total. The molecule has 150 valence electrons. The predicted octanol–water partition coefficient (Wildman–Crippen LogP) is 1.45. The highest BCUT2D eigenvalue weighted by Gasteiger charge is 2.50. The van der Waals surface area contributed by atoms with Crippen LogP contribution in [-0.4, -0.2) is 51.3 Å². The highest BCUT2D eigenvalue weighted by Crippen LogP contribution is 2.41. The summed E-state index contributed by atoms with van der Waals surface area (Å²) in [7, 11) is 0. The van der Waals surface area contributed by atoms with Crippen molar-refractivity contribution in [3.8, 4) is 12.3 Å². The van der Waals surface area contributed by atoms with Crippen LogP contribution in [0.25, 0.3) is 0 Å². The quantitative estimate of drug-likeness (QED) is 0.563. The van der Waals surface area contributed by atoms with Gasteiger partial charge in [-0.25, -0.2) is 0 Å². The molecule has 5 atom stereocenters. The average Bonchev–Trinajstić information content (AvgIpc) is 3.06. The lowest BCUT2D eigenvalue weighted by Gasteiger charge is -2.37. The predicted molar refractivity (Wildman–Crippen MR) is 99.6 cm³/mol. The Hall–Kier alpha value is -2.22. The minimum absolute atomic E-state index is 0.0340. The monoisotopic (exact) mass is 413 g/mol. The average molecular weight is 413 g/mol. The number of nitrogens with one attached hydrogen (secondary N) is 2. The number of carbonyl (C=O) groups excluding carboxylic acids is 1. The van der Waals surface area contributed by atoms with Crippen LogP contribution in [0.5, 0.6) is 0 Å². The number of fused-ring (bicyclic) bond motifs is 1. The number of rotatable bonds is 3. The van der Waals surface area contributed by atoms with Crippen LogP contribution >= 0.6 is 11.8 Å². The number of hydrogen-bond acceptors (Lipinski definition) is 6. The first-order chi connectivity index (χ1) is 13.2. The molecular weight excluding hydrogens is 395 g/mol. The van der Waals surface area contributed by atoms with Gasteiger partial charge in [0.1, 0.15) is 6.10 Å². The van der Waals surface area contributed by atoms with Crippen molar-refractivity contribution in [2.45, 2.75) is 36.1 Å². The summed E-state index contributed by atoms with van der Waals surface area (Å²) in [5.74, 6) is 1.29. The van der Waals surface area contributed by atoms with E-state index in [-0.39, 0.29) is 29.7 Å². The fraction of sp³-hybridized carbons (Fsp3) is 0.444. The van der Waals surface area contributed by atoms with Gasteiger partial charge in [-0.1, -0.05) is 23.7 Å². The largest absolute Gasteiger partial charge is 0.416 e. The minimum atomic E-state index is -4.48. The molecule has 28 heavy (non-hydrogen) atoms. The van der Waals surface area contributed by atoms with Crippen molar-refractivity contribution in [2.75, 3.05) is 11.9 Å². The van der Waals surface area contributed by atoms with E-state index in [0.29, 0.717) is 0 Å². The Kier molecular flexibility index (Phi) is 5.88. The maximum absolute atomic E-state index is 12.9. The Labute approximate surface area is 163 Å². The maximum atomic E-state index is 12.9. The summed E-state index contributed by atoms with van der Waals surface area (Å²) in [5, 5.41) is 25.5. The summed E-state index contributed by atoms with van der Waals surface area (Å²) in [6, 6.07) is 3.88. The number of thioether (sulfide) groups is 1. The van der Waals surface area contributed by atoms with Gasteiger partial charge in [0.05, 0.1) is 30.2 Å². The highest BCUT2D eigenvalue weighted by molar-refractivity contribution is 8.15. The van der Waals surface area contributed by atoms with Gasteiger partial charge in [0.25, 0.3) is 0 Å². The normalized spacial score (nSPS) is 29.4. The Balaban J connectivity index is 1.77. The SMILES string of the molecule is C#CCNC(=O)C1CC(O)C(O)C2N=C(Nc3cccc(C(F)(F)F)c3)SC12. The highest BCUT2D eigenvalue weighted by atomic mass is 32.2. The Morgan fingerprint density at radius 3 is 2.82 bits per heavy atom. The number of benzene rings is 1. The number of aliphatic hydroxyl groups excluding tert-OH is 2. The zero-order valence-corrected chi connectivity index (χ0v) is 15.3. The fourth-order valence-corrected chi connectivity index (χ4v) is 4.65. The number of nitrogens with zero attached hydrogens (tertiary/aromatic N) is 1. The minimum Gasteiger partial charge on any atom is -0.390 e. The second kappa shape index (κ2) is 8.03. The summed E-state index contributed by atoms with van der Waals surface area (Å²) < 4.78 is 38.6. The molecule has 3 rings (SSSR count). The molecule has 1 aliphatic heterocycles. The smallest absolute Gasteiger partial charge is 0.390 e. The third-order valence-corrected chi connectivity index (χ3v) is 5.94. The number of anilines is 1. The molecule has 10 heteroatoms. The molecule has 1 heterocycles. The number of aliphatic hydroxyl groups is 2. The Bertz CT molecular complexity index is 824. The van der Waals surface area contributed by atoms with E-state index in [4.69, 9.17) is 6.42 Å². The van der Waals surface area contributed by atoms with Crippen LogP contribution in [0.15, 0.2) is 29.3 Å². The van der Waals surface area contributed by atoms with Gasteiger partial charge < -0.3 is 20.8 Å². The summed E-state index contributed by atoms with van der Waals surface area (Å²) in [4.78, 5) is 16.7. The molecule has 0 radical (unpaired) electrons. The van der Waals surface area contributed by atoms with Crippen LogP contribution < -0.4 is 10.6 Å². The summed E-state index contributed by atoms with van der Waals surface area (Å²) in [5.41, 5.74) is -0.622. The standard InChI is InChI=1S/C18H18F3N3O3S/c1-2-6-22-16(27)11-8-12(25)14(26)13-15(11)28-17(24-13)23-10-5-3-4-9(7-10)18(19,20)21/h1,3-5,7,11-15,25-26H,6,8H2,(H,22,27)(H,23,24). The van der Waals surface area contributed by atoms with Gasteiger partial charge in [0, 0.05) is 10.9 Å². The van der Waals surface area contributed by atoms with E-state index in [9.17, 15) is 28.2 Å². The van der Waals surface area contributed by atoms with E-state index < -0.39 is 41.2 Å². The number of halogens is 3. The van der Waals surface area contributed by atoms with Gasteiger partial charge in [-0.3, -0.25) is 9.79 Å². The van der Waals surface area contributed by atoms with Crippen LogP contribution in [0, 0.1) is 18.3 Å². The van der Waals surface area contributed by atoms with Gasteiger partial charge in [-0.05, 0) is 24.6 Å². The van der Waals surface area contributed by atoms with Crippen LogP contribution in [0.1, 0.15) is 12.0 Å². The first-order valence-electron chi connectivity index (χ1n) is 8.46. The molecule has 0 saturated heterocycles. The second-order valence-electron chi connectivity index (χ2n) is 6.53. The molecule has 0 aromatic heterocycles. The summed E-state index contributed by atoms with van der Waals surface area (Å²) in [6.07, 6.45) is -1.60. The van der Waals surface area contributed by atoms with E-state index in [0.717, 1.165) is 23.9 Å². The zero-order valence-electron chi connectivity index (χ0n) is 14.5. The lowest BCUT2D eigenvalue weighted by atomic mass is 9.81. The van der Waals surface area contributed by atoms with Gasteiger partial charge in [0.15, 0.2) is 5.17 Å². The molecule has 5 unspecified atom stereocenters. The molecule has 1 amide bonds. The molecule has 1 fully saturated rings. The molecule has 6 nitrogen and oxygen atoms in total. The van der Waals surface area contributed by atoms with E-state index in [2.05, 4.69) is 21.5 Å². The van der Waals surface area contributed by atoms with E-state index >= 15 is 0 Å². The van der Waals surface area contributed by atoms with Crippen molar-refractivity contribution in [1.82, 2.24) is 5.32 Å². The molecule has 1 aromatic carbocycles. The van der Waals surface area contributed by atoms with Crippen molar-refractivity contribution in [2.24, 2.45) is 10.9 Å². The molecule has 1 aromatic rings. The lowest BCUT2D eigenvalue weighted by Crippen LogP contribution is -2.54. The molecule has 1 saturated carbocycles. The van der Waals surface area contributed by atoms with Crippen molar-refractivity contribution in [3.63, 3.8) is 0 Å². The lowest BCUT2D eigenvalue weighted by molar-refractivity contribution is -0.137. The van der Waals surface area contributed by atoms with Crippen molar-refractivity contribution >= 4 is 28.5 Å². The number of hydrogen-bond donors (Lipinski definition) is 4. The van der Waals surface area contributed by atoms with E-state index in [1.54, 1.807) is 0 Å². The zero-order chi connectivity index (χ0) is 20.5. The Morgan fingerprint density at radius 2 is 2.14 bits per heavy atom. The topological polar surface area (TPSA) is 94.0 Å². The first-order valence-corrected chi connectivity index (χ1v) is 9.34. The van der Waals surface area contributed by atoms with Crippen LogP contribution in [0.3, 0.4) is 0 Å². The maximum Gasteiger partial charge on any atom is 0.416 e.